The summed E-state index contributed by atoms with van der Waals surface area (Å²) < 4.78 is 5.49. The molecule has 5 nitrogen and oxygen atoms in total. The molecule has 1 amide bonds. The van der Waals surface area contributed by atoms with E-state index in [0.29, 0.717) is 17.5 Å². The Labute approximate surface area is 110 Å². The average Bonchev–Trinajstić information content (AvgIpc) is 2.90. The van der Waals surface area contributed by atoms with Crippen molar-refractivity contribution < 1.29 is 9.53 Å². The number of hydrogen-bond donors (Lipinski definition) is 1. The summed E-state index contributed by atoms with van der Waals surface area (Å²) in [6, 6.07) is 0. The predicted molar refractivity (Wildman–Crippen MR) is 68.7 cm³/mol. The second kappa shape index (κ2) is 5.32. The summed E-state index contributed by atoms with van der Waals surface area (Å²) >= 11 is 1.50. The third-order valence-corrected chi connectivity index (χ3v) is 4.33. The molecule has 0 bridgehead atoms. The van der Waals surface area contributed by atoms with Gasteiger partial charge in [0.1, 0.15) is 5.01 Å². The molecule has 1 aromatic rings. The van der Waals surface area contributed by atoms with Gasteiger partial charge in [-0.25, -0.2) is 0 Å². The molecular weight excluding hydrogens is 250 g/mol. The largest absolute Gasteiger partial charge is 0.378 e. The number of rotatable bonds is 5. The van der Waals surface area contributed by atoms with Crippen LogP contribution in [-0.4, -0.2) is 28.8 Å². The van der Waals surface area contributed by atoms with Crippen LogP contribution in [0.4, 0.5) is 5.13 Å². The Morgan fingerprint density at radius 2 is 2.28 bits per heavy atom. The highest BCUT2D eigenvalue weighted by molar-refractivity contribution is 7.15. The number of carbonyl (C=O) groups is 1. The molecule has 3 rings (SSSR count). The minimum atomic E-state index is 0.0176. The molecule has 2 aliphatic rings. The van der Waals surface area contributed by atoms with Crippen molar-refractivity contribution in [2.45, 2.75) is 50.5 Å². The molecule has 0 unspecified atom stereocenters. The van der Waals surface area contributed by atoms with Gasteiger partial charge < -0.3 is 10.1 Å². The number of carbonyl (C=O) groups excluding carboxylic acids is 1. The SMILES string of the molecule is O=C(CC[C@H]1CCCO1)Nc1nnc(C2CC2)s1. The average molecular weight is 267 g/mol. The van der Waals surface area contributed by atoms with E-state index in [4.69, 9.17) is 4.74 Å². The minimum Gasteiger partial charge on any atom is -0.378 e. The van der Waals surface area contributed by atoms with Crippen molar-refractivity contribution in [3.05, 3.63) is 5.01 Å². The van der Waals surface area contributed by atoms with Crippen LogP contribution >= 0.6 is 11.3 Å². The topological polar surface area (TPSA) is 64.1 Å². The van der Waals surface area contributed by atoms with E-state index >= 15 is 0 Å². The van der Waals surface area contributed by atoms with E-state index in [9.17, 15) is 4.79 Å². The molecule has 1 saturated carbocycles. The van der Waals surface area contributed by atoms with E-state index in [0.717, 1.165) is 30.9 Å². The molecule has 6 heteroatoms. The van der Waals surface area contributed by atoms with Gasteiger partial charge in [-0.3, -0.25) is 4.79 Å². The van der Waals surface area contributed by atoms with Crippen LogP contribution in [0.1, 0.15) is 49.5 Å². The summed E-state index contributed by atoms with van der Waals surface area (Å²) in [5.74, 6) is 0.615. The van der Waals surface area contributed by atoms with Crippen LogP contribution < -0.4 is 5.32 Å². The van der Waals surface area contributed by atoms with E-state index in [-0.39, 0.29) is 12.0 Å². The Morgan fingerprint density at radius 1 is 1.39 bits per heavy atom. The summed E-state index contributed by atoms with van der Waals surface area (Å²) in [5.41, 5.74) is 0. The fourth-order valence-corrected chi connectivity index (χ4v) is 3.05. The van der Waals surface area contributed by atoms with Gasteiger partial charge in [0.25, 0.3) is 0 Å². The van der Waals surface area contributed by atoms with Crippen LogP contribution in [0.25, 0.3) is 0 Å². The van der Waals surface area contributed by atoms with Gasteiger partial charge in [0, 0.05) is 18.9 Å². The number of ether oxygens (including phenoxy) is 1. The standard InChI is InChI=1S/C12H17N3O2S/c16-10(6-5-9-2-1-7-17-9)13-12-15-14-11(18-12)8-3-4-8/h8-9H,1-7H2,(H,13,15,16)/t9-/m1/s1. The lowest BCUT2D eigenvalue weighted by Gasteiger charge is -2.07. The fraction of sp³-hybridized carbons (Fsp3) is 0.750. The van der Waals surface area contributed by atoms with E-state index in [1.165, 1.54) is 24.2 Å². The van der Waals surface area contributed by atoms with Crippen LogP contribution in [-0.2, 0) is 9.53 Å². The number of amides is 1. The normalized spacial score (nSPS) is 23.2. The van der Waals surface area contributed by atoms with E-state index in [1.54, 1.807) is 0 Å². The molecule has 2 fully saturated rings. The molecule has 1 N–H and O–H groups in total. The summed E-state index contributed by atoms with van der Waals surface area (Å²) in [5, 5.41) is 12.6. The smallest absolute Gasteiger partial charge is 0.226 e. The predicted octanol–water partition coefficient (Wildman–Crippen LogP) is 2.31. The molecule has 1 aliphatic carbocycles. The number of nitrogens with zero attached hydrogens (tertiary/aromatic N) is 2. The van der Waals surface area contributed by atoms with Gasteiger partial charge in [-0.1, -0.05) is 11.3 Å². The Kier molecular flexibility index (Phi) is 3.56. The molecule has 1 aliphatic heterocycles. The molecule has 1 atom stereocenters. The zero-order chi connectivity index (χ0) is 12.4. The maximum absolute atomic E-state index is 11.7. The van der Waals surface area contributed by atoms with Gasteiger partial charge in [0.2, 0.25) is 11.0 Å². The van der Waals surface area contributed by atoms with Crippen molar-refractivity contribution in [2.75, 3.05) is 11.9 Å². The lowest BCUT2D eigenvalue weighted by molar-refractivity contribution is -0.116. The fourth-order valence-electron chi connectivity index (χ4n) is 2.13. The van der Waals surface area contributed by atoms with Crippen LogP contribution in [0.5, 0.6) is 0 Å². The molecule has 0 spiro atoms. The van der Waals surface area contributed by atoms with Crippen molar-refractivity contribution in [1.82, 2.24) is 10.2 Å². The number of aromatic nitrogens is 2. The van der Waals surface area contributed by atoms with Crippen molar-refractivity contribution in [2.24, 2.45) is 0 Å². The van der Waals surface area contributed by atoms with Gasteiger partial charge in [-0.15, -0.1) is 10.2 Å². The van der Waals surface area contributed by atoms with Crippen molar-refractivity contribution in [3.63, 3.8) is 0 Å². The Morgan fingerprint density at radius 3 is 3.00 bits per heavy atom. The maximum atomic E-state index is 11.7. The van der Waals surface area contributed by atoms with Gasteiger partial charge in [0.05, 0.1) is 6.10 Å². The van der Waals surface area contributed by atoms with Crippen molar-refractivity contribution >= 4 is 22.4 Å². The zero-order valence-corrected chi connectivity index (χ0v) is 11.0. The van der Waals surface area contributed by atoms with Crippen molar-refractivity contribution in [1.29, 1.82) is 0 Å². The summed E-state index contributed by atoms with van der Waals surface area (Å²) in [6.07, 6.45) is 6.20. The van der Waals surface area contributed by atoms with Gasteiger partial charge in [0.15, 0.2) is 0 Å². The molecular formula is C12H17N3O2S. The van der Waals surface area contributed by atoms with Crippen LogP contribution in [0.3, 0.4) is 0 Å². The Balaban J connectivity index is 1.44. The van der Waals surface area contributed by atoms with Gasteiger partial charge in [-0.2, -0.15) is 0 Å². The first kappa shape index (κ1) is 12.0. The zero-order valence-electron chi connectivity index (χ0n) is 10.2. The third kappa shape index (κ3) is 3.05. The molecule has 98 valence electrons. The Bertz CT molecular complexity index is 425. The first-order valence-corrected chi connectivity index (χ1v) is 7.38. The Hall–Kier alpha value is -1.01. The highest BCUT2D eigenvalue weighted by atomic mass is 32.1. The second-order valence-electron chi connectivity index (χ2n) is 4.94. The molecule has 0 radical (unpaired) electrons. The maximum Gasteiger partial charge on any atom is 0.226 e. The van der Waals surface area contributed by atoms with Crippen molar-refractivity contribution in [3.8, 4) is 0 Å². The van der Waals surface area contributed by atoms with E-state index in [2.05, 4.69) is 15.5 Å². The monoisotopic (exact) mass is 267 g/mol. The first-order valence-electron chi connectivity index (χ1n) is 6.56. The number of nitrogens with one attached hydrogen (secondary N) is 1. The van der Waals surface area contributed by atoms with Crippen LogP contribution in [0.2, 0.25) is 0 Å². The molecule has 1 aromatic heterocycles. The lowest BCUT2D eigenvalue weighted by atomic mass is 10.1. The van der Waals surface area contributed by atoms with E-state index < -0.39 is 0 Å². The third-order valence-electron chi connectivity index (χ3n) is 3.33. The highest BCUT2D eigenvalue weighted by Gasteiger charge is 2.27. The lowest BCUT2D eigenvalue weighted by Crippen LogP contribution is -2.15. The van der Waals surface area contributed by atoms with Crippen LogP contribution in [0.15, 0.2) is 0 Å². The molecule has 18 heavy (non-hydrogen) atoms. The molecule has 1 saturated heterocycles. The minimum absolute atomic E-state index is 0.0176. The van der Waals surface area contributed by atoms with Gasteiger partial charge >= 0.3 is 0 Å². The highest BCUT2D eigenvalue weighted by Crippen LogP contribution is 2.42. The van der Waals surface area contributed by atoms with Gasteiger partial charge in [-0.05, 0) is 32.1 Å². The van der Waals surface area contributed by atoms with Crippen LogP contribution in [0, 0.1) is 0 Å². The molecule has 2 heterocycles. The summed E-state index contributed by atoms with van der Waals surface area (Å²) in [6.45, 7) is 0.841. The molecule has 0 aromatic carbocycles. The number of anilines is 1. The number of hydrogen-bond acceptors (Lipinski definition) is 5. The summed E-state index contributed by atoms with van der Waals surface area (Å²) in [4.78, 5) is 11.7. The summed E-state index contributed by atoms with van der Waals surface area (Å²) in [7, 11) is 0. The van der Waals surface area contributed by atoms with E-state index in [1.807, 2.05) is 0 Å². The first-order chi connectivity index (χ1) is 8.81. The quantitative estimate of drug-likeness (QED) is 0.889. The second-order valence-corrected chi connectivity index (χ2v) is 5.95.